The van der Waals surface area contributed by atoms with Crippen molar-refractivity contribution in [2.24, 2.45) is 4.99 Å². The van der Waals surface area contributed by atoms with E-state index < -0.39 is 0 Å². The molecule has 7 heteroatoms. The number of para-hydroxylation sites is 1. The lowest BCUT2D eigenvalue weighted by Gasteiger charge is -2.34. The van der Waals surface area contributed by atoms with Gasteiger partial charge in [0.25, 0.3) is 0 Å². The van der Waals surface area contributed by atoms with E-state index in [1.165, 1.54) is 24.8 Å². The predicted octanol–water partition coefficient (Wildman–Crippen LogP) is 3.91. The van der Waals surface area contributed by atoms with Gasteiger partial charge in [0.2, 0.25) is 0 Å². The van der Waals surface area contributed by atoms with Crippen LogP contribution in [0.25, 0.3) is 0 Å². The second-order valence-corrected chi connectivity index (χ2v) is 7.96. The molecule has 0 atom stereocenters. The number of anilines is 2. The summed E-state index contributed by atoms with van der Waals surface area (Å²) in [7, 11) is 2.18. The van der Waals surface area contributed by atoms with Gasteiger partial charge in [-0.15, -0.1) is 24.0 Å². The van der Waals surface area contributed by atoms with Crippen LogP contribution in [0.1, 0.15) is 24.8 Å². The highest BCUT2D eigenvalue weighted by Crippen LogP contribution is 2.20. The summed E-state index contributed by atoms with van der Waals surface area (Å²) < 4.78 is 0. The van der Waals surface area contributed by atoms with Gasteiger partial charge in [0.05, 0.1) is 6.54 Å². The first-order valence-corrected chi connectivity index (χ1v) is 10.8. The van der Waals surface area contributed by atoms with Crippen molar-refractivity contribution >= 4 is 41.4 Å². The van der Waals surface area contributed by atoms with E-state index in [9.17, 15) is 0 Å². The summed E-state index contributed by atoms with van der Waals surface area (Å²) in [6.45, 7) is 6.97. The van der Waals surface area contributed by atoms with Crippen LogP contribution in [0.5, 0.6) is 0 Å². The van der Waals surface area contributed by atoms with E-state index >= 15 is 0 Å². The van der Waals surface area contributed by atoms with Crippen LogP contribution in [0.2, 0.25) is 0 Å². The number of aliphatic imine (C=N–C) groups is 1. The third-order valence-electron chi connectivity index (χ3n) is 5.76. The monoisotopic (exact) mass is 520 g/mol. The number of likely N-dealkylation sites (N-methyl/N-ethyl adjacent to an activating group) is 1. The van der Waals surface area contributed by atoms with Crippen molar-refractivity contribution in [2.45, 2.75) is 25.8 Å². The van der Waals surface area contributed by atoms with Gasteiger partial charge in [-0.05, 0) is 44.5 Å². The van der Waals surface area contributed by atoms with Crippen LogP contribution in [0.3, 0.4) is 0 Å². The van der Waals surface area contributed by atoms with E-state index in [1.54, 1.807) is 0 Å². The van der Waals surface area contributed by atoms with Gasteiger partial charge in [-0.2, -0.15) is 0 Å². The predicted molar refractivity (Wildman–Crippen MR) is 136 cm³/mol. The molecule has 2 aliphatic heterocycles. The summed E-state index contributed by atoms with van der Waals surface area (Å²) >= 11 is 0. The smallest absolute Gasteiger partial charge is 0.198 e. The molecule has 0 unspecified atom stereocenters. The number of piperidine rings is 1. The van der Waals surface area contributed by atoms with Gasteiger partial charge in [-0.3, -0.25) is 0 Å². The molecule has 0 bridgehead atoms. The molecule has 1 N–H and O–H groups in total. The van der Waals surface area contributed by atoms with Gasteiger partial charge in [-0.1, -0.05) is 24.3 Å². The highest BCUT2D eigenvalue weighted by Gasteiger charge is 2.19. The number of likely N-dealkylation sites (tertiary alicyclic amines) is 1. The molecule has 0 saturated carbocycles. The lowest BCUT2D eigenvalue weighted by molar-refractivity contribution is 0.312. The molecule has 4 rings (SSSR count). The number of rotatable bonds is 4. The maximum absolute atomic E-state index is 5.04. The average molecular weight is 520 g/mol. The molecule has 0 radical (unpaired) electrons. The number of nitrogens with one attached hydrogen (secondary N) is 1. The average Bonchev–Trinajstić information content (AvgIpc) is 2.79. The number of guanidine groups is 1. The molecule has 0 aliphatic carbocycles. The SMILES string of the molecule is CN1CCN(c2ncccc2CN=C(Nc2ccccc2)N2CCCCC2)CC1.I. The fourth-order valence-corrected chi connectivity index (χ4v) is 3.99. The second kappa shape index (κ2) is 11.5. The molecule has 0 amide bonds. The molecular formula is C23H33IN6. The minimum absolute atomic E-state index is 0. The van der Waals surface area contributed by atoms with Crippen LogP contribution in [0.15, 0.2) is 53.7 Å². The zero-order valence-corrected chi connectivity index (χ0v) is 20.2. The first kappa shape index (κ1) is 22.8. The molecule has 2 saturated heterocycles. The maximum Gasteiger partial charge on any atom is 0.198 e. The Morgan fingerprint density at radius 1 is 0.933 bits per heavy atom. The van der Waals surface area contributed by atoms with Crippen molar-refractivity contribution in [1.29, 1.82) is 0 Å². The van der Waals surface area contributed by atoms with Gasteiger partial charge in [0, 0.05) is 56.7 Å². The standard InChI is InChI=1S/C23H32N6.HI/c1-27-15-17-28(18-16-27)22-20(9-8-12-24-22)19-25-23(29-13-6-3-7-14-29)26-21-10-4-2-5-11-21;/h2,4-5,8-12H,3,6-7,13-19H2,1H3,(H,25,26);1H. The fraction of sp³-hybridized carbons (Fsp3) is 0.478. The summed E-state index contributed by atoms with van der Waals surface area (Å²) in [4.78, 5) is 16.9. The van der Waals surface area contributed by atoms with Crippen molar-refractivity contribution in [3.05, 3.63) is 54.2 Å². The first-order chi connectivity index (χ1) is 14.3. The van der Waals surface area contributed by atoms with E-state index in [4.69, 9.17) is 9.98 Å². The van der Waals surface area contributed by atoms with Crippen LogP contribution in [0, 0.1) is 0 Å². The maximum atomic E-state index is 5.04. The van der Waals surface area contributed by atoms with Crippen molar-refractivity contribution in [1.82, 2.24) is 14.8 Å². The number of pyridine rings is 1. The van der Waals surface area contributed by atoms with Crippen molar-refractivity contribution in [2.75, 3.05) is 56.5 Å². The fourth-order valence-electron chi connectivity index (χ4n) is 3.99. The Balaban J connectivity index is 0.00000256. The summed E-state index contributed by atoms with van der Waals surface area (Å²) in [6, 6.07) is 14.5. The van der Waals surface area contributed by atoms with Crippen LogP contribution in [0.4, 0.5) is 11.5 Å². The van der Waals surface area contributed by atoms with E-state index in [1.807, 2.05) is 18.3 Å². The number of hydrogen-bond acceptors (Lipinski definition) is 4. The second-order valence-electron chi connectivity index (χ2n) is 7.96. The zero-order valence-electron chi connectivity index (χ0n) is 17.8. The molecular weight excluding hydrogens is 487 g/mol. The number of aromatic nitrogens is 1. The van der Waals surface area contributed by atoms with Gasteiger partial charge < -0.3 is 20.0 Å². The highest BCUT2D eigenvalue weighted by molar-refractivity contribution is 14.0. The molecule has 2 aromatic rings. The Kier molecular flexibility index (Phi) is 8.74. The number of piperazine rings is 1. The zero-order chi connectivity index (χ0) is 19.9. The molecule has 162 valence electrons. The minimum Gasteiger partial charge on any atom is -0.354 e. The number of benzene rings is 1. The largest absolute Gasteiger partial charge is 0.354 e. The van der Waals surface area contributed by atoms with E-state index in [2.05, 4.69) is 57.4 Å². The third kappa shape index (κ3) is 6.07. The number of hydrogen-bond donors (Lipinski definition) is 1. The lowest BCUT2D eigenvalue weighted by atomic mass is 10.1. The summed E-state index contributed by atoms with van der Waals surface area (Å²) in [5, 5.41) is 3.56. The minimum atomic E-state index is 0. The molecule has 6 nitrogen and oxygen atoms in total. The Hall–Kier alpha value is -1.87. The first-order valence-electron chi connectivity index (χ1n) is 10.8. The van der Waals surface area contributed by atoms with Crippen molar-refractivity contribution in [3.8, 4) is 0 Å². The van der Waals surface area contributed by atoms with Crippen LogP contribution in [-0.4, -0.2) is 67.1 Å². The Labute approximate surface area is 197 Å². The summed E-state index contributed by atoms with van der Waals surface area (Å²) in [5.74, 6) is 2.06. The Bertz CT molecular complexity index is 798. The van der Waals surface area contributed by atoms with Gasteiger partial charge in [0.15, 0.2) is 5.96 Å². The van der Waals surface area contributed by atoms with Crippen LogP contribution in [-0.2, 0) is 6.54 Å². The highest BCUT2D eigenvalue weighted by atomic mass is 127. The van der Waals surface area contributed by atoms with Gasteiger partial charge in [-0.25, -0.2) is 9.98 Å². The Morgan fingerprint density at radius 2 is 1.67 bits per heavy atom. The van der Waals surface area contributed by atoms with Crippen LogP contribution < -0.4 is 10.2 Å². The number of halogens is 1. The molecule has 3 heterocycles. The molecule has 1 aromatic heterocycles. The molecule has 1 aromatic carbocycles. The van der Waals surface area contributed by atoms with Crippen molar-refractivity contribution < 1.29 is 0 Å². The van der Waals surface area contributed by atoms with Crippen LogP contribution >= 0.6 is 24.0 Å². The lowest BCUT2D eigenvalue weighted by Crippen LogP contribution is -2.45. The number of nitrogens with zero attached hydrogens (tertiary/aromatic N) is 5. The van der Waals surface area contributed by atoms with Gasteiger partial charge >= 0.3 is 0 Å². The third-order valence-corrected chi connectivity index (χ3v) is 5.76. The normalized spacial score (nSPS) is 18.1. The van der Waals surface area contributed by atoms with Crippen molar-refractivity contribution in [3.63, 3.8) is 0 Å². The molecule has 2 fully saturated rings. The van der Waals surface area contributed by atoms with E-state index in [0.29, 0.717) is 6.54 Å². The topological polar surface area (TPSA) is 47.0 Å². The molecule has 0 spiro atoms. The van der Waals surface area contributed by atoms with E-state index in [-0.39, 0.29) is 24.0 Å². The molecule has 30 heavy (non-hydrogen) atoms. The van der Waals surface area contributed by atoms with Gasteiger partial charge in [0.1, 0.15) is 5.82 Å². The Morgan fingerprint density at radius 3 is 2.40 bits per heavy atom. The quantitative estimate of drug-likeness (QED) is 0.377. The summed E-state index contributed by atoms with van der Waals surface area (Å²) in [5.41, 5.74) is 2.28. The summed E-state index contributed by atoms with van der Waals surface area (Å²) in [6.07, 6.45) is 5.67. The molecule has 2 aliphatic rings. The van der Waals surface area contributed by atoms with E-state index in [0.717, 1.165) is 56.7 Å².